The molecule has 0 radical (unpaired) electrons. The van der Waals surface area contributed by atoms with Crippen molar-refractivity contribution in [3.05, 3.63) is 0 Å². The SMILES string of the molecule is O=C1NCCNC1CCCO. The summed E-state index contributed by atoms with van der Waals surface area (Å²) < 4.78 is 0. The summed E-state index contributed by atoms with van der Waals surface area (Å²) in [5.74, 6) is 0.0599. The van der Waals surface area contributed by atoms with E-state index in [0.717, 1.165) is 13.0 Å². The van der Waals surface area contributed by atoms with E-state index >= 15 is 0 Å². The molecular weight excluding hydrogens is 144 g/mol. The zero-order valence-electron chi connectivity index (χ0n) is 6.47. The molecule has 1 aliphatic heterocycles. The molecular formula is C7H14N2O2. The molecule has 1 rings (SSSR count). The van der Waals surface area contributed by atoms with Crippen LogP contribution in [-0.2, 0) is 4.79 Å². The first-order valence-electron chi connectivity index (χ1n) is 3.96. The lowest BCUT2D eigenvalue weighted by Crippen LogP contribution is -2.52. The molecule has 0 bridgehead atoms. The quantitative estimate of drug-likeness (QED) is 0.486. The summed E-state index contributed by atoms with van der Waals surface area (Å²) in [4.78, 5) is 11.0. The zero-order chi connectivity index (χ0) is 8.10. The Balaban J connectivity index is 2.24. The summed E-state index contributed by atoms with van der Waals surface area (Å²) in [5, 5.41) is 14.4. The second-order valence-corrected chi connectivity index (χ2v) is 2.66. The van der Waals surface area contributed by atoms with Crippen LogP contribution >= 0.6 is 0 Å². The molecule has 1 aliphatic rings. The van der Waals surface area contributed by atoms with E-state index in [1.807, 2.05) is 0 Å². The third kappa shape index (κ3) is 2.48. The first-order valence-corrected chi connectivity index (χ1v) is 3.96. The van der Waals surface area contributed by atoms with Crippen molar-refractivity contribution in [3.63, 3.8) is 0 Å². The van der Waals surface area contributed by atoms with E-state index in [9.17, 15) is 4.79 Å². The monoisotopic (exact) mass is 158 g/mol. The van der Waals surface area contributed by atoms with Crippen molar-refractivity contribution in [1.82, 2.24) is 10.6 Å². The summed E-state index contributed by atoms with van der Waals surface area (Å²) >= 11 is 0. The van der Waals surface area contributed by atoms with Crippen LogP contribution in [0.2, 0.25) is 0 Å². The van der Waals surface area contributed by atoms with Crippen LogP contribution in [0.4, 0.5) is 0 Å². The first kappa shape index (κ1) is 8.49. The molecule has 1 heterocycles. The third-order valence-corrected chi connectivity index (χ3v) is 1.78. The molecule has 0 saturated carbocycles. The predicted octanol–water partition coefficient (Wildman–Crippen LogP) is -1.15. The van der Waals surface area contributed by atoms with E-state index < -0.39 is 0 Å². The second-order valence-electron chi connectivity index (χ2n) is 2.66. The summed E-state index contributed by atoms with van der Waals surface area (Å²) in [6.07, 6.45) is 1.41. The highest BCUT2D eigenvalue weighted by Gasteiger charge is 2.19. The van der Waals surface area contributed by atoms with Gasteiger partial charge in [-0.2, -0.15) is 0 Å². The number of aliphatic hydroxyl groups excluding tert-OH is 1. The summed E-state index contributed by atoms with van der Waals surface area (Å²) in [6.45, 7) is 1.71. The van der Waals surface area contributed by atoms with Gasteiger partial charge in [-0.3, -0.25) is 4.79 Å². The molecule has 0 aromatic rings. The molecule has 1 fully saturated rings. The lowest BCUT2D eigenvalue weighted by molar-refractivity contribution is -0.124. The van der Waals surface area contributed by atoms with Crippen LogP contribution in [0, 0.1) is 0 Å². The van der Waals surface area contributed by atoms with E-state index in [-0.39, 0.29) is 18.6 Å². The van der Waals surface area contributed by atoms with Crippen LogP contribution < -0.4 is 10.6 Å². The molecule has 1 saturated heterocycles. The highest BCUT2D eigenvalue weighted by Crippen LogP contribution is 1.98. The molecule has 0 aromatic heterocycles. The lowest BCUT2D eigenvalue weighted by Gasteiger charge is -2.22. The Morgan fingerprint density at radius 1 is 1.55 bits per heavy atom. The average Bonchev–Trinajstić information content (AvgIpc) is 2.03. The van der Waals surface area contributed by atoms with Crippen molar-refractivity contribution >= 4 is 5.91 Å². The highest BCUT2D eigenvalue weighted by molar-refractivity contribution is 5.82. The van der Waals surface area contributed by atoms with E-state index in [1.165, 1.54) is 0 Å². The van der Waals surface area contributed by atoms with Gasteiger partial charge in [0.2, 0.25) is 5.91 Å². The standard InChI is InChI=1S/C7H14N2O2/c10-5-1-2-6-7(11)9-4-3-8-6/h6,8,10H,1-5H2,(H,9,11). The molecule has 4 nitrogen and oxygen atoms in total. The van der Waals surface area contributed by atoms with Crippen molar-refractivity contribution in [2.45, 2.75) is 18.9 Å². The molecule has 11 heavy (non-hydrogen) atoms. The minimum atomic E-state index is -0.0871. The van der Waals surface area contributed by atoms with Gasteiger partial charge in [-0.25, -0.2) is 0 Å². The van der Waals surface area contributed by atoms with Gasteiger partial charge >= 0.3 is 0 Å². The molecule has 64 valence electrons. The number of carbonyl (C=O) groups is 1. The minimum Gasteiger partial charge on any atom is -0.396 e. The van der Waals surface area contributed by atoms with Crippen molar-refractivity contribution in [2.75, 3.05) is 19.7 Å². The molecule has 0 aromatic carbocycles. The maximum absolute atomic E-state index is 11.0. The number of aliphatic hydroxyl groups is 1. The van der Waals surface area contributed by atoms with E-state index in [4.69, 9.17) is 5.11 Å². The predicted molar refractivity (Wildman–Crippen MR) is 41.1 cm³/mol. The van der Waals surface area contributed by atoms with Crippen LogP contribution in [0.15, 0.2) is 0 Å². The van der Waals surface area contributed by atoms with Gasteiger partial charge in [-0.1, -0.05) is 0 Å². The Kier molecular flexibility index (Phi) is 3.32. The molecule has 3 N–H and O–H groups in total. The average molecular weight is 158 g/mol. The largest absolute Gasteiger partial charge is 0.396 e. The van der Waals surface area contributed by atoms with Crippen LogP contribution in [0.1, 0.15) is 12.8 Å². The van der Waals surface area contributed by atoms with Crippen molar-refractivity contribution < 1.29 is 9.90 Å². The van der Waals surface area contributed by atoms with Crippen LogP contribution in [-0.4, -0.2) is 36.8 Å². The maximum atomic E-state index is 11.0. The van der Waals surface area contributed by atoms with Crippen molar-refractivity contribution in [2.24, 2.45) is 0 Å². The van der Waals surface area contributed by atoms with Crippen LogP contribution in [0.25, 0.3) is 0 Å². The van der Waals surface area contributed by atoms with Gasteiger partial charge in [0.05, 0.1) is 6.04 Å². The Hall–Kier alpha value is -0.610. The lowest BCUT2D eigenvalue weighted by atomic mass is 10.1. The molecule has 0 aliphatic carbocycles. The number of piperazine rings is 1. The van der Waals surface area contributed by atoms with Gasteiger partial charge in [-0.05, 0) is 12.8 Å². The van der Waals surface area contributed by atoms with E-state index in [2.05, 4.69) is 10.6 Å². The van der Waals surface area contributed by atoms with Crippen LogP contribution in [0.5, 0.6) is 0 Å². The summed E-state index contributed by atoms with van der Waals surface area (Å²) in [5.41, 5.74) is 0. The van der Waals surface area contributed by atoms with Gasteiger partial charge in [0.15, 0.2) is 0 Å². The van der Waals surface area contributed by atoms with E-state index in [0.29, 0.717) is 13.0 Å². The molecule has 0 spiro atoms. The van der Waals surface area contributed by atoms with Crippen molar-refractivity contribution in [3.8, 4) is 0 Å². The summed E-state index contributed by atoms with van der Waals surface area (Å²) in [7, 11) is 0. The third-order valence-electron chi connectivity index (χ3n) is 1.78. The van der Waals surface area contributed by atoms with Crippen LogP contribution in [0.3, 0.4) is 0 Å². The number of amides is 1. The Bertz CT molecular complexity index is 138. The van der Waals surface area contributed by atoms with Gasteiger partial charge < -0.3 is 15.7 Å². The van der Waals surface area contributed by atoms with Gasteiger partial charge in [-0.15, -0.1) is 0 Å². The topological polar surface area (TPSA) is 61.4 Å². The Morgan fingerprint density at radius 2 is 2.36 bits per heavy atom. The minimum absolute atomic E-state index is 0.0599. The Morgan fingerprint density at radius 3 is 3.00 bits per heavy atom. The summed E-state index contributed by atoms with van der Waals surface area (Å²) in [6, 6.07) is -0.0871. The first-order chi connectivity index (χ1) is 5.34. The van der Waals surface area contributed by atoms with Gasteiger partial charge in [0.1, 0.15) is 0 Å². The second kappa shape index (κ2) is 4.31. The van der Waals surface area contributed by atoms with Gasteiger partial charge in [0.25, 0.3) is 0 Å². The number of rotatable bonds is 3. The smallest absolute Gasteiger partial charge is 0.237 e. The number of nitrogens with one attached hydrogen (secondary N) is 2. The fraction of sp³-hybridized carbons (Fsp3) is 0.857. The number of hydrogen-bond donors (Lipinski definition) is 3. The van der Waals surface area contributed by atoms with Crippen molar-refractivity contribution in [1.29, 1.82) is 0 Å². The number of hydrogen-bond acceptors (Lipinski definition) is 3. The molecule has 4 heteroatoms. The maximum Gasteiger partial charge on any atom is 0.237 e. The van der Waals surface area contributed by atoms with E-state index in [1.54, 1.807) is 0 Å². The number of carbonyl (C=O) groups excluding carboxylic acids is 1. The molecule has 1 atom stereocenters. The normalized spacial score (nSPS) is 24.8. The zero-order valence-corrected chi connectivity index (χ0v) is 6.47. The molecule has 1 unspecified atom stereocenters. The highest BCUT2D eigenvalue weighted by atomic mass is 16.3. The fourth-order valence-corrected chi connectivity index (χ4v) is 1.18. The Labute approximate surface area is 66.0 Å². The van der Waals surface area contributed by atoms with Gasteiger partial charge in [0, 0.05) is 19.7 Å². The fourth-order valence-electron chi connectivity index (χ4n) is 1.18. The molecule has 1 amide bonds.